The van der Waals surface area contributed by atoms with Gasteiger partial charge in [-0.25, -0.2) is 0 Å². The van der Waals surface area contributed by atoms with Crippen molar-refractivity contribution < 1.29 is 0 Å². The Hall–Kier alpha value is -2.71. The number of aromatic amines is 1. The van der Waals surface area contributed by atoms with E-state index in [0.717, 1.165) is 17.2 Å². The molecular formula is C18H18ClN7S. The van der Waals surface area contributed by atoms with Crippen LogP contribution in [-0.2, 0) is 13.1 Å². The van der Waals surface area contributed by atoms with Gasteiger partial charge in [-0.2, -0.15) is 15.3 Å². The average molecular weight is 400 g/mol. The lowest BCUT2D eigenvalue weighted by Crippen LogP contribution is -2.08. The zero-order valence-corrected chi connectivity index (χ0v) is 16.5. The molecule has 27 heavy (non-hydrogen) atoms. The lowest BCUT2D eigenvalue weighted by molar-refractivity contribution is 0.638. The van der Waals surface area contributed by atoms with Gasteiger partial charge in [-0.15, -0.1) is 0 Å². The van der Waals surface area contributed by atoms with Crippen LogP contribution in [0, 0.1) is 18.6 Å². The van der Waals surface area contributed by atoms with Crippen LogP contribution in [0.4, 0.5) is 0 Å². The van der Waals surface area contributed by atoms with E-state index in [0.29, 0.717) is 22.9 Å². The maximum Gasteiger partial charge on any atom is 0.200 e. The topological polar surface area (TPSA) is 69.2 Å². The van der Waals surface area contributed by atoms with Crippen LogP contribution in [-0.4, -0.2) is 34.3 Å². The molecule has 4 aromatic rings. The molecule has 0 aliphatic heterocycles. The van der Waals surface area contributed by atoms with Crippen LogP contribution >= 0.6 is 23.8 Å². The van der Waals surface area contributed by atoms with Crippen molar-refractivity contribution in [2.45, 2.75) is 26.9 Å². The molecule has 0 radical (unpaired) electrons. The monoisotopic (exact) mass is 399 g/mol. The smallest absolute Gasteiger partial charge is 0.200 e. The molecule has 3 aromatic heterocycles. The first-order valence-electron chi connectivity index (χ1n) is 8.44. The highest BCUT2D eigenvalue weighted by Gasteiger charge is 2.13. The molecule has 0 fully saturated rings. The molecule has 0 spiro atoms. The van der Waals surface area contributed by atoms with E-state index in [1.807, 2.05) is 22.4 Å². The van der Waals surface area contributed by atoms with E-state index in [4.69, 9.17) is 23.8 Å². The minimum absolute atomic E-state index is 0.448. The van der Waals surface area contributed by atoms with E-state index in [1.54, 1.807) is 17.1 Å². The molecule has 0 aliphatic carbocycles. The second-order valence-corrected chi connectivity index (χ2v) is 7.22. The minimum Gasteiger partial charge on any atom is -0.267 e. The zero-order valence-electron chi connectivity index (χ0n) is 14.9. The fourth-order valence-electron chi connectivity index (χ4n) is 2.86. The summed E-state index contributed by atoms with van der Waals surface area (Å²) in [6.45, 7) is 5.08. The molecule has 0 aliphatic rings. The largest absolute Gasteiger partial charge is 0.267 e. The lowest BCUT2D eigenvalue weighted by atomic mass is 10.1. The summed E-state index contributed by atoms with van der Waals surface area (Å²) < 4.78 is 6.00. The molecule has 0 bridgehead atoms. The average Bonchev–Trinajstić information content (AvgIpc) is 3.31. The Kier molecular flexibility index (Phi) is 4.67. The fourth-order valence-corrected chi connectivity index (χ4v) is 3.26. The van der Waals surface area contributed by atoms with Crippen molar-refractivity contribution in [1.82, 2.24) is 34.3 Å². The number of aryl methyl sites for hydroxylation is 2. The first-order chi connectivity index (χ1) is 13.0. The molecule has 9 heteroatoms. The number of halogens is 1. The molecule has 0 atom stereocenters. The van der Waals surface area contributed by atoms with Gasteiger partial charge in [0.15, 0.2) is 10.6 Å². The predicted octanol–water partition coefficient (Wildman–Crippen LogP) is 3.69. The summed E-state index contributed by atoms with van der Waals surface area (Å²) in [5, 5.41) is 16.6. The van der Waals surface area contributed by atoms with Crippen molar-refractivity contribution >= 4 is 23.8 Å². The van der Waals surface area contributed by atoms with E-state index in [9.17, 15) is 0 Å². The van der Waals surface area contributed by atoms with Gasteiger partial charge in [0.05, 0.1) is 29.1 Å². The molecule has 0 unspecified atom stereocenters. The van der Waals surface area contributed by atoms with Crippen LogP contribution in [0.1, 0.15) is 22.6 Å². The minimum atomic E-state index is 0.448. The number of hydrogen-bond acceptors (Lipinski definition) is 4. The van der Waals surface area contributed by atoms with E-state index in [2.05, 4.69) is 51.6 Å². The highest BCUT2D eigenvalue weighted by Crippen LogP contribution is 2.16. The first-order valence-corrected chi connectivity index (χ1v) is 9.22. The summed E-state index contributed by atoms with van der Waals surface area (Å²) in [4.78, 5) is 0. The Bertz CT molecular complexity index is 1110. The number of aromatic nitrogens is 7. The number of nitrogens with one attached hydrogen (secondary N) is 1. The SMILES string of the molecule is Cc1ccc(Cn2cc(-n3c(Cn4cc(Cl)c(C)n4)n[nH]c3=S)cn2)cc1. The standard InChI is InChI=1S/C18H18ClN7S/c1-12-3-5-14(6-4-12)8-24-9-15(7-20-24)26-17(21-22-18(26)27)11-25-10-16(19)13(2)23-25/h3-7,9-10H,8,11H2,1-2H3,(H,22,27). The van der Waals surface area contributed by atoms with E-state index in [-0.39, 0.29) is 0 Å². The summed E-state index contributed by atoms with van der Waals surface area (Å²) in [6, 6.07) is 8.41. The maximum atomic E-state index is 6.10. The van der Waals surface area contributed by atoms with Crippen molar-refractivity contribution in [2.75, 3.05) is 0 Å². The number of rotatable bonds is 5. The van der Waals surface area contributed by atoms with Gasteiger partial charge >= 0.3 is 0 Å². The van der Waals surface area contributed by atoms with Crippen molar-refractivity contribution in [3.05, 3.63) is 75.3 Å². The molecule has 0 amide bonds. The second-order valence-electron chi connectivity index (χ2n) is 6.42. The van der Waals surface area contributed by atoms with Gasteiger partial charge in [-0.3, -0.25) is 19.0 Å². The van der Waals surface area contributed by atoms with E-state index >= 15 is 0 Å². The normalized spacial score (nSPS) is 11.2. The van der Waals surface area contributed by atoms with Crippen LogP contribution in [0.5, 0.6) is 0 Å². The predicted molar refractivity (Wildman–Crippen MR) is 106 cm³/mol. The van der Waals surface area contributed by atoms with Gasteiger partial charge in [0.25, 0.3) is 0 Å². The molecule has 3 heterocycles. The molecule has 1 N–H and O–H groups in total. The Morgan fingerprint density at radius 3 is 2.56 bits per heavy atom. The Balaban J connectivity index is 1.60. The third-order valence-corrected chi connectivity index (χ3v) is 4.92. The van der Waals surface area contributed by atoms with Crippen molar-refractivity contribution in [3.63, 3.8) is 0 Å². The molecule has 1 aromatic carbocycles. The van der Waals surface area contributed by atoms with E-state index < -0.39 is 0 Å². The number of benzene rings is 1. The van der Waals surface area contributed by atoms with Crippen molar-refractivity contribution in [2.24, 2.45) is 0 Å². The van der Waals surface area contributed by atoms with Crippen LogP contribution in [0.2, 0.25) is 5.02 Å². The molecular weight excluding hydrogens is 382 g/mol. The summed E-state index contributed by atoms with van der Waals surface area (Å²) >= 11 is 11.5. The number of nitrogens with zero attached hydrogens (tertiary/aromatic N) is 6. The Labute approximate surface area is 166 Å². The first kappa shape index (κ1) is 17.7. The van der Waals surface area contributed by atoms with Crippen LogP contribution < -0.4 is 0 Å². The summed E-state index contributed by atoms with van der Waals surface area (Å²) in [6.07, 6.45) is 5.51. The highest BCUT2D eigenvalue weighted by atomic mass is 35.5. The van der Waals surface area contributed by atoms with Gasteiger partial charge in [0.2, 0.25) is 0 Å². The van der Waals surface area contributed by atoms with Crippen molar-refractivity contribution in [3.8, 4) is 5.69 Å². The van der Waals surface area contributed by atoms with Gasteiger partial charge in [-0.05, 0) is 31.6 Å². The van der Waals surface area contributed by atoms with Gasteiger partial charge in [0, 0.05) is 12.4 Å². The molecule has 4 rings (SSSR count). The zero-order chi connectivity index (χ0) is 19.0. The molecule has 7 nitrogen and oxygen atoms in total. The Morgan fingerprint density at radius 1 is 1.07 bits per heavy atom. The van der Waals surface area contributed by atoms with Gasteiger partial charge < -0.3 is 0 Å². The Morgan fingerprint density at radius 2 is 1.85 bits per heavy atom. The fraction of sp³-hybridized carbons (Fsp3) is 0.222. The quantitative estimate of drug-likeness (QED) is 0.519. The molecule has 138 valence electrons. The van der Waals surface area contributed by atoms with Crippen LogP contribution in [0.25, 0.3) is 5.69 Å². The third-order valence-electron chi connectivity index (χ3n) is 4.27. The van der Waals surface area contributed by atoms with Gasteiger partial charge in [0.1, 0.15) is 6.54 Å². The highest BCUT2D eigenvalue weighted by molar-refractivity contribution is 7.71. The summed E-state index contributed by atoms with van der Waals surface area (Å²) in [7, 11) is 0. The number of hydrogen-bond donors (Lipinski definition) is 1. The number of H-pyrrole nitrogens is 1. The second kappa shape index (κ2) is 7.13. The van der Waals surface area contributed by atoms with E-state index in [1.165, 1.54) is 11.1 Å². The molecule has 0 saturated heterocycles. The lowest BCUT2D eigenvalue weighted by Gasteiger charge is -2.05. The summed E-state index contributed by atoms with van der Waals surface area (Å²) in [5.41, 5.74) is 4.06. The van der Waals surface area contributed by atoms with Crippen LogP contribution in [0.3, 0.4) is 0 Å². The third kappa shape index (κ3) is 3.72. The van der Waals surface area contributed by atoms with Gasteiger partial charge in [-0.1, -0.05) is 41.4 Å². The maximum absolute atomic E-state index is 6.10. The van der Waals surface area contributed by atoms with Crippen LogP contribution in [0.15, 0.2) is 42.9 Å². The molecule has 0 saturated carbocycles. The van der Waals surface area contributed by atoms with Crippen molar-refractivity contribution in [1.29, 1.82) is 0 Å². The summed E-state index contributed by atoms with van der Waals surface area (Å²) in [5.74, 6) is 0.731.